The van der Waals surface area contributed by atoms with Crippen molar-refractivity contribution in [3.05, 3.63) is 30.3 Å². The van der Waals surface area contributed by atoms with Crippen LogP contribution >= 0.6 is 0 Å². The molecule has 1 fully saturated rings. The van der Waals surface area contributed by atoms with E-state index in [1.54, 1.807) is 4.90 Å². The van der Waals surface area contributed by atoms with Crippen LogP contribution in [0.15, 0.2) is 30.3 Å². The van der Waals surface area contributed by atoms with Crippen molar-refractivity contribution in [2.24, 2.45) is 5.92 Å². The van der Waals surface area contributed by atoms with Crippen LogP contribution in [0, 0.1) is 17.2 Å². The number of amides is 2. The maximum Gasteiger partial charge on any atom is 0.407 e. The van der Waals surface area contributed by atoms with E-state index < -0.39 is 5.60 Å². The van der Waals surface area contributed by atoms with E-state index in [0.717, 1.165) is 31.6 Å². The minimum Gasteiger partial charge on any atom is -0.444 e. The largest absolute Gasteiger partial charge is 0.444 e. The van der Waals surface area contributed by atoms with Crippen molar-refractivity contribution in [3.63, 3.8) is 0 Å². The van der Waals surface area contributed by atoms with Gasteiger partial charge in [-0.3, -0.25) is 9.69 Å². The van der Waals surface area contributed by atoms with E-state index in [-0.39, 0.29) is 18.0 Å². The number of ether oxygens (including phenoxy) is 1. The molecular weight excluding hydrogens is 380 g/mol. The van der Waals surface area contributed by atoms with Crippen LogP contribution < -0.4 is 10.2 Å². The lowest BCUT2D eigenvalue weighted by atomic mass is 9.95. The molecule has 0 bridgehead atoms. The van der Waals surface area contributed by atoms with Crippen molar-refractivity contribution >= 4 is 17.7 Å². The van der Waals surface area contributed by atoms with Crippen molar-refractivity contribution < 1.29 is 14.3 Å². The van der Waals surface area contributed by atoms with Crippen molar-refractivity contribution in [1.82, 2.24) is 10.2 Å². The lowest BCUT2D eigenvalue weighted by Gasteiger charge is -2.37. The molecule has 0 radical (unpaired) electrons. The summed E-state index contributed by atoms with van der Waals surface area (Å²) >= 11 is 0. The van der Waals surface area contributed by atoms with Gasteiger partial charge in [0.1, 0.15) is 5.60 Å². The first-order chi connectivity index (χ1) is 14.2. The number of hydrogen-bond acceptors (Lipinski definition) is 5. The lowest BCUT2D eigenvalue weighted by molar-refractivity contribution is -0.123. The molecule has 2 rings (SSSR count). The van der Waals surface area contributed by atoms with E-state index in [0.29, 0.717) is 25.4 Å². The second-order valence-electron chi connectivity index (χ2n) is 8.77. The van der Waals surface area contributed by atoms with Gasteiger partial charge in [0.15, 0.2) is 0 Å². The van der Waals surface area contributed by atoms with Gasteiger partial charge in [0.05, 0.1) is 18.5 Å². The van der Waals surface area contributed by atoms with Gasteiger partial charge >= 0.3 is 6.09 Å². The van der Waals surface area contributed by atoms with Crippen molar-refractivity contribution in [1.29, 1.82) is 5.26 Å². The zero-order valence-electron chi connectivity index (χ0n) is 18.6. The molecule has 0 aliphatic carbocycles. The summed E-state index contributed by atoms with van der Waals surface area (Å²) in [6.45, 7) is 10.0. The van der Waals surface area contributed by atoms with Gasteiger partial charge in [-0.2, -0.15) is 5.26 Å². The second-order valence-corrected chi connectivity index (χ2v) is 8.77. The van der Waals surface area contributed by atoms with E-state index in [1.807, 2.05) is 58.0 Å². The third kappa shape index (κ3) is 7.34. The maximum atomic E-state index is 13.2. The number of hydrogen-bond donors (Lipinski definition) is 1. The van der Waals surface area contributed by atoms with E-state index in [9.17, 15) is 9.59 Å². The van der Waals surface area contributed by atoms with E-state index in [1.165, 1.54) is 0 Å². The molecule has 1 aromatic carbocycles. The van der Waals surface area contributed by atoms with Gasteiger partial charge in [0, 0.05) is 18.8 Å². The summed E-state index contributed by atoms with van der Waals surface area (Å²) in [5.74, 6) is 0.390. The third-order valence-electron chi connectivity index (χ3n) is 5.27. The number of carbonyl (C=O) groups excluding carboxylic acids is 2. The summed E-state index contributed by atoms with van der Waals surface area (Å²) in [7, 11) is 0. The highest BCUT2D eigenvalue weighted by molar-refractivity contribution is 5.97. The Hall–Kier alpha value is -2.59. The number of nitrogens with one attached hydrogen (secondary N) is 1. The Morgan fingerprint density at radius 1 is 1.27 bits per heavy atom. The highest BCUT2D eigenvalue weighted by Crippen LogP contribution is 2.22. The predicted octanol–water partition coefficient (Wildman–Crippen LogP) is 3.56. The molecule has 2 amide bonds. The monoisotopic (exact) mass is 414 g/mol. The molecule has 7 heteroatoms. The highest BCUT2D eigenvalue weighted by Gasteiger charge is 2.30. The molecule has 7 nitrogen and oxygen atoms in total. The van der Waals surface area contributed by atoms with Gasteiger partial charge in [0.2, 0.25) is 5.91 Å². The average molecular weight is 415 g/mol. The quantitative estimate of drug-likeness (QED) is 0.737. The molecule has 1 heterocycles. The summed E-state index contributed by atoms with van der Waals surface area (Å²) in [4.78, 5) is 28.9. The van der Waals surface area contributed by atoms with Crippen LogP contribution in [0.1, 0.15) is 47.0 Å². The van der Waals surface area contributed by atoms with Gasteiger partial charge in [-0.1, -0.05) is 18.2 Å². The SMILES string of the molecule is CC(C(=O)N(CCC#N)c1ccccc1)N1CCC(CNC(=O)OC(C)(C)C)CC1. The Bertz CT molecular complexity index is 731. The standard InChI is InChI=1S/C23H34N4O3/c1-18(21(28)27(14-8-13-24)20-9-6-5-7-10-20)26-15-11-19(12-16-26)17-25-22(29)30-23(2,3)4/h5-7,9-10,18-19H,8,11-12,14-17H2,1-4H3,(H,25,29). The van der Waals surface area contributed by atoms with Crippen LogP contribution in [-0.2, 0) is 9.53 Å². The van der Waals surface area contributed by atoms with Gasteiger partial charge in [-0.25, -0.2) is 4.79 Å². The van der Waals surface area contributed by atoms with Gasteiger partial charge in [-0.15, -0.1) is 0 Å². The molecule has 1 saturated heterocycles. The van der Waals surface area contributed by atoms with E-state index in [2.05, 4.69) is 16.3 Å². The molecule has 164 valence electrons. The maximum absolute atomic E-state index is 13.2. The first-order valence-corrected chi connectivity index (χ1v) is 10.7. The third-order valence-corrected chi connectivity index (χ3v) is 5.27. The van der Waals surface area contributed by atoms with Crippen molar-refractivity contribution in [2.75, 3.05) is 31.1 Å². The van der Waals surface area contributed by atoms with Crippen LogP contribution in [0.4, 0.5) is 10.5 Å². The average Bonchev–Trinajstić information content (AvgIpc) is 2.72. The normalized spacial score (nSPS) is 16.4. The lowest BCUT2D eigenvalue weighted by Crippen LogP contribution is -2.51. The molecule has 30 heavy (non-hydrogen) atoms. The predicted molar refractivity (Wildman–Crippen MR) is 117 cm³/mol. The number of carbonyl (C=O) groups is 2. The molecule has 1 unspecified atom stereocenters. The topological polar surface area (TPSA) is 85.7 Å². The Balaban J connectivity index is 1.87. The molecule has 1 aliphatic rings. The summed E-state index contributed by atoms with van der Waals surface area (Å²) in [5.41, 5.74) is 0.320. The number of benzene rings is 1. The Labute approximate surface area is 180 Å². The van der Waals surface area contributed by atoms with Crippen LogP contribution in [-0.4, -0.2) is 54.7 Å². The van der Waals surface area contributed by atoms with Crippen molar-refractivity contribution in [2.45, 2.75) is 58.6 Å². The fourth-order valence-electron chi connectivity index (χ4n) is 3.60. The molecule has 0 saturated carbocycles. The van der Waals surface area contributed by atoms with E-state index >= 15 is 0 Å². The Morgan fingerprint density at radius 3 is 2.47 bits per heavy atom. The minimum atomic E-state index is -0.501. The van der Waals surface area contributed by atoms with Gasteiger partial charge < -0.3 is 15.0 Å². The number of piperidine rings is 1. The smallest absolute Gasteiger partial charge is 0.407 e. The Kier molecular flexibility index (Phi) is 8.67. The minimum absolute atomic E-state index is 0.0155. The summed E-state index contributed by atoms with van der Waals surface area (Å²) < 4.78 is 5.29. The molecule has 0 spiro atoms. The summed E-state index contributed by atoms with van der Waals surface area (Å²) in [6, 6.07) is 11.4. The van der Waals surface area contributed by atoms with Crippen LogP contribution in [0.5, 0.6) is 0 Å². The molecule has 0 aromatic heterocycles. The number of rotatable bonds is 7. The second kappa shape index (κ2) is 11.0. The fourth-order valence-corrected chi connectivity index (χ4v) is 3.60. The van der Waals surface area contributed by atoms with Crippen LogP contribution in [0.3, 0.4) is 0 Å². The van der Waals surface area contributed by atoms with Crippen LogP contribution in [0.25, 0.3) is 0 Å². The highest BCUT2D eigenvalue weighted by atomic mass is 16.6. The van der Waals surface area contributed by atoms with E-state index in [4.69, 9.17) is 10.00 Å². The first-order valence-electron chi connectivity index (χ1n) is 10.7. The van der Waals surface area contributed by atoms with Crippen molar-refractivity contribution in [3.8, 4) is 6.07 Å². The fraction of sp³-hybridized carbons (Fsp3) is 0.609. The molecular formula is C23H34N4O3. The molecule has 1 aliphatic heterocycles. The first kappa shape index (κ1) is 23.7. The van der Waals surface area contributed by atoms with Gasteiger partial charge in [-0.05, 0) is 71.7 Å². The molecule has 1 N–H and O–H groups in total. The zero-order chi connectivity index (χ0) is 22.1. The molecule has 1 aromatic rings. The number of nitrogens with zero attached hydrogens (tertiary/aromatic N) is 3. The Morgan fingerprint density at radius 2 is 1.90 bits per heavy atom. The van der Waals surface area contributed by atoms with Gasteiger partial charge in [0.25, 0.3) is 0 Å². The number of para-hydroxylation sites is 1. The number of nitriles is 1. The number of alkyl carbamates (subject to hydrolysis) is 1. The number of likely N-dealkylation sites (tertiary alicyclic amines) is 1. The molecule has 1 atom stereocenters. The van der Waals surface area contributed by atoms with Crippen LogP contribution in [0.2, 0.25) is 0 Å². The summed E-state index contributed by atoms with van der Waals surface area (Å²) in [5, 5.41) is 11.8. The number of anilines is 1. The zero-order valence-corrected chi connectivity index (χ0v) is 18.6. The summed E-state index contributed by atoms with van der Waals surface area (Å²) in [6.07, 6.45) is 1.74.